The third kappa shape index (κ3) is 3.87. The lowest BCUT2D eigenvalue weighted by molar-refractivity contribution is 0.102. The first-order chi connectivity index (χ1) is 14.3. The molecule has 0 aliphatic heterocycles. The predicted octanol–water partition coefficient (Wildman–Crippen LogP) is 2.90. The van der Waals surface area contributed by atoms with Gasteiger partial charge in [0.15, 0.2) is 5.58 Å². The van der Waals surface area contributed by atoms with E-state index in [4.69, 9.17) is 16.0 Å². The van der Waals surface area contributed by atoms with E-state index in [0.717, 1.165) is 0 Å². The number of benzene rings is 2. The van der Waals surface area contributed by atoms with Gasteiger partial charge in [0.1, 0.15) is 0 Å². The molecule has 0 atom stereocenters. The predicted molar refractivity (Wildman–Crippen MR) is 117 cm³/mol. The van der Waals surface area contributed by atoms with Gasteiger partial charge in [-0.3, -0.25) is 14.2 Å². The van der Waals surface area contributed by atoms with E-state index in [1.165, 1.54) is 10.6 Å². The number of halogens is 1. The molecule has 0 bridgehead atoms. The van der Waals surface area contributed by atoms with Crippen LogP contribution in [0.15, 0.2) is 56.5 Å². The fourth-order valence-corrected chi connectivity index (χ4v) is 3.44. The monoisotopic (exact) mass is 426 g/mol. The van der Waals surface area contributed by atoms with Gasteiger partial charge in [-0.15, -0.1) is 0 Å². The van der Waals surface area contributed by atoms with Gasteiger partial charge >= 0.3 is 5.76 Å². The molecule has 0 aliphatic rings. The molecule has 9 heteroatoms. The van der Waals surface area contributed by atoms with E-state index in [1.807, 2.05) is 19.0 Å². The number of likely N-dealkylation sites (N-methyl/N-ethyl adjacent to an activating group) is 1. The number of pyridine rings is 1. The van der Waals surface area contributed by atoms with E-state index in [-0.39, 0.29) is 5.56 Å². The summed E-state index contributed by atoms with van der Waals surface area (Å²) < 4.78 is 6.80. The van der Waals surface area contributed by atoms with Crippen molar-refractivity contribution in [3.05, 3.63) is 74.0 Å². The Hall–Kier alpha value is -3.36. The Morgan fingerprint density at radius 1 is 1.17 bits per heavy atom. The number of aromatic amines is 1. The lowest BCUT2D eigenvalue weighted by Gasteiger charge is -2.10. The number of anilines is 1. The fourth-order valence-electron chi connectivity index (χ4n) is 3.26. The maximum atomic E-state index is 12.9. The molecule has 0 saturated carbocycles. The molecule has 4 aromatic rings. The summed E-state index contributed by atoms with van der Waals surface area (Å²) in [6, 6.07) is 11.1. The summed E-state index contributed by atoms with van der Waals surface area (Å²) in [5.41, 5.74) is 1.82. The zero-order valence-corrected chi connectivity index (χ0v) is 17.1. The molecule has 1 amide bonds. The van der Waals surface area contributed by atoms with E-state index >= 15 is 0 Å². The Balaban J connectivity index is 1.71. The van der Waals surface area contributed by atoms with E-state index in [1.54, 1.807) is 36.4 Å². The average molecular weight is 427 g/mol. The van der Waals surface area contributed by atoms with Crippen molar-refractivity contribution >= 4 is 45.2 Å². The first-order valence-corrected chi connectivity index (χ1v) is 9.62. The lowest BCUT2D eigenvalue weighted by atomic mass is 10.1. The number of nitrogens with zero attached hydrogens (tertiary/aromatic N) is 2. The summed E-state index contributed by atoms with van der Waals surface area (Å²) in [5.74, 6) is -0.913. The number of fused-ring (bicyclic) bond motifs is 2. The smallest absolute Gasteiger partial charge is 0.408 e. The number of aromatic nitrogens is 2. The van der Waals surface area contributed by atoms with Crippen LogP contribution < -0.4 is 16.6 Å². The highest BCUT2D eigenvalue weighted by atomic mass is 35.5. The summed E-state index contributed by atoms with van der Waals surface area (Å²) in [4.78, 5) is 41.7. The average Bonchev–Trinajstić information content (AvgIpc) is 3.00. The van der Waals surface area contributed by atoms with Crippen molar-refractivity contribution in [1.29, 1.82) is 0 Å². The molecule has 0 aliphatic carbocycles. The minimum Gasteiger partial charge on any atom is -0.408 e. The van der Waals surface area contributed by atoms with Crippen LogP contribution in [0.25, 0.3) is 22.0 Å². The topological polar surface area (TPSA) is 100 Å². The molecule has 4 rings (SSSR count). The number of hydrogen-bond donors (Lipinski definition) is 2. The summed E-state index contributed by atoms with van der Waals surface area (Å²) in [5, 5.41) is 3.77. The van der Waals surface area contributed by atoms with E-state index in [9.17, 15) is 14.4 Å². The zero-order chi connectivity index (χ0) is 21.4. The van der Waals surface area contributed by atoms with Crippen molar-refractivity contribution in [2.24, 2.45) is 0 Å². The molecule has 0 radical (unpaired) electrons. The second-order valence-electron chi connectivity index (χ2n) is 7.20. The van der Waals surface area contributed by atoms with Gasteiger partial charge in [-0.25, -0.2) is 4.79 Å². The molecule has 0 fully saturated rings. The maximum Gasteiger partial charge on any atom is 0.419 e. The van der Waals surface area contributed by atoms with Gasteiger partial charge in [-0.2, -0.15) is 0 Å². The molecular formula is C21H19ClN4O4. The van der Waals surface area contributed by atoms with Gasteiger partial charge < -0.3 is 19.6 Å². The Kier molecular flexibility index (Phi) is 5.19. The van der Waals surface area contributed by atoms with Gasteiger partial charge in [0, 0.05) is 40.8 Å². The van der Waals surface area contributed by atoms with Crippen LogP contribution in [-0.2, 0) is 6.54 Å². The van der Waals surface area contributed by atoms with Crippen molar-refractivity contribution in [1.82, 2.24) is 14.5 Å². The molecule has 2 heterocycles. The normalized spacial score (nSPS) is 11.5. The SMILES string of the molecule is CN(C)CCn1c(=O)oc2ccc(NC(=O)c3cc(=O)[nH]c4ccc(Cl)cc34)cc21. The van der Waals surface area contributed by atoms with Crippen LogP contribution in [0.2, 0.25) is 5.02 Å². The largest absolute Gasteiger partial charge is 0.419 e. The number of hydrogen-bond acceptors (Lipinski definition) is 5. The highest BCUT2D eigenvalue weighted by molar-refractivity contribution is 6.31. The molecule has 2 N–H and O–H groups in total. The van der Waals surface area contributed by atoms with Crippen LogP contribution in [0.4, 0.5) is 5.69 Å². The lowest BCUT2D eigenvalue weighted by Crippen LogP contribution is -2.23. The van der Waals surface area contributed by atoms with Crippen LogP contribution >= 0.6 is 11.6 Å². The quantitative estimate of drug-likeness (QED) is 0.511. The van der Waals surface area contributed by atoms with Crippen molar-refractivity contribution < 1.29 is 9.21 Å². The van der Waals surface area contributed by atoms with Crippen molar-refractivity contribution in [3.8, 4) is 0 Å². The molecule has 2 aromatic carbocycles. The number of carbonyl (C=O) groups is 1. The van der Waals surface area contributed by atoms with E-state index < -0.39 is 17.2 Å². The molecule has 0 saturated heterocycles. The van der Waals surface area contributed by atoms with Gasteiger partial charge in [0.05, 0.1) is 11.1 Å². The van der Waals surface area contributed by atoms with Crippen molar-refractivity contribution in [3.63, 3.8) is 0 Å². The molecule has 8 nitrogen and oxygen atoms in total. The van der Waals surface area contributed by atoms with Gasteiger partial charge in [-0.1, -0.05) is 11.6 Å². The summed E-state index contributed by atoms with van der Waals surface area (Å²) in [7, 11) is 3.83. The highest BCUT2D eigenvalue weighted by Crippen LogP contribution is 2.23. The maximum absolute atomic E-state index is 12.9. The molecule has 2 aromatic heterocycles. The van der Waals surface area contributed by atoms with E-state index in [2.05, 4.69) is 10.3 Å². The third-order valence-corrected chi connectivity index (χ3v) is 4.98. The minimum atomic E-state index is -0.460. The number of oxazole rings is 1. The second kappa shape index (κ2) is 7.81. The Labute approximate surface area is 175 Å². The summed E-state index contributed by atoms with van der Waals surface area (Å²) in [6.45, 7) is 1.11. The molecule has 0 spiro atoms. The van der Waals surface area contributed by atoms with Crippen LogP contribution in [-0.4, -0.2) is 41.0 Å². The van der Waals surface area contributed by atoms with Crippen LogP contribution in [0.5, 0.6) is 0 Å². The first-order valence-electron chi connectivity index (χ1n) is 9.24. The van der Waals surface area contributed by atoms with Gasteiger partial charge in [0.2, 0.25) is 5.56 Å². The van der Waals surface area contributed by atoms with Gasteiger partial charge in [0.25, 0.3) is 5.91 Å². The van der Waals surface area contributed by atoms with Crippen LogP contribution in [0.1, 0.15) is 10.4 Å². The third-order valence-electron chi connectivity index (χ3n) is 4.75. The second-order valence-corrected chi connectivity index (χ2v) is 7.63. The number of rotatable bonds is 5. The molecule has 0 unspecified atom stereocenters. The molecule has 30 heavy (non-hydrogen) atoms. The standard InChI is InChI=1S/C21H19ClN4O4/c1-25(2)7-8-26-17-10-13(4-6-18(17)30-21(26)29)23-20(28)15-11-19(27)24-16-5-3-12(22)9-14(15)16/h3-6,9-11H,7-8H2,1-2H3,(H,23,28)(H,24,27). The van der Waals surface area contributed by atoms with E-state index in [0.29, 0.717) is 45.8 Å². The number of H-pyrrole nitrogens is 1. The minimum absolute atomic E-state index is 0.202. The highest BCUT2D eigenvalue weighted by Gasteiger charge is 2.15. The fraction of sp³-hybridized carbons (Fsp3) is 0.190. The Morgan fingerprint density at radius 2 is 1.97 bits per heavy atom. The van der Waals surface area contributed by atoms with Crippen LogP contribution in [0.3, 0.4) is 0 Å². The number of nitrogens with one attached hydrogen (secondary N) is 2. The number of amides is 1. The first kappa shape index (κ1) is 19.9. The summed E-state index contributed by atoms with van der Waals surface area (Å²) >= 11 is 6.06. The summed E-state index contributed by atoms with van der Waals surface area (Å²) in [6.07, 6.45) is 0. The Morgan fingerprint density at radius 3 is 2.73 bits per heavy atom. The molecule has 154 valence electrons. The van der Waals surface area contributed by atoms with Gasteiger partial charge in [-0.05, 0) is 50.5 Å². The van der Waals surface area contributed by atoms with Crippen molar-refractivity contribution in [2.75, 3.05) is 26.0 Å². The van der Waals surface area contributed by atoms with Crippen LogP contribution in [0, 0.1) is 0 Å². The number of carbonyl (C=O) groups excluding carboxylic acids is 1. The Bertz CT molecular complexity index is 1380. The molecular weight excluding hydrogens is 408 g/mol. The zero-order valence-electron chi connectivity index (χ0n) is 16.4. The van der Waals surface area contributed by atoms with Crippen molar-refractivity contribution in [2.45, 2.75) is 6.54 Å².